The number of nitrogens with zero attached hydrogens (tertiary/aromatic N) is 2. The summed E-state index contributed by atoms with van der Waals surface area (Å²) in [6.45, 7) is 4.80. The molecule has 0 radical (unpaired) electrons. The molecular weight excluding hydrogens is 208 g/mol. The van der Waals surface area contributed by atoms with Crippen LogP contribution in [0.5, 0.6) is 0 Å². The molecule has 1 atom stereocenters. The first-order chi connectivity index (χ1) is 8.33. The molecule has 2 heteroatoms. The molecule has 1 aliphatic heterocycles. The highest BCUT2D eigenvalue weighted by atomic mass is 15.2. The van der Waals surface area contributed by atoms with Crippen LogP contribution >= 0.6 is 0 Å². The molecule has 2 heterocycles. The fourth-order valence-corrected chi connectivity index (χ4v) is 3.34. The van der Waals surface area contributed by atoms with Gasteiger partial charge in [-0.25, -0.2) is 0 Å². The van der Waals surface area contributed by atoms with E-state index in [0.717, 1.165) is 6.04 Å². The average molecular weight is 230 g/mol. The lowest BCUT2D eigenvalue weighted by molar-refractivity contribution is 0.222. The van der Waals surface area contributed by atoms with E-state index in [1.807, 2.05) is 6.20 Å². The van der Waals surface area contributed by atoms with Crippen LogP contribution in [0.25, 0.3) is 0 Å². The van der Waals surface area contributed by atoms with Gasteiger partial charge in [-0.2, -0.15) is 0 Å². The van der Waals surface area contributed by atoms with Crippen molar-refractivity contribution < 1.29 is 0 Å². The molecule has 0 amide bonds. The van der Waals surface area contributed by atoms with Crippen LogP contribution in [-0.4, -0.2) is 29.0 Å². The Hall–Kier alpha value is -0.890. The van der Waals surface area contributed by atoms with Gasteiger partial charge in [-0.15, -0.1) is 0 Å². The van der Waals surface area contributed by atoms with Crippen molar-refractivity contribution in [2.75, 3.05) is 13.1 Å². The van der Waals surface area contributed by atoms with E-state index in [9.17, 15) is 0 Å². The second kappa shape index (κ2) is 4.77. The minimum Gasteiger partial charge on any atom is -0.300 e. The molecule has 92 valence electrons. The van der Waals surface area contributed by atoms with E-state index in [2.05, 4.69) is 22.9 Å². The molecule has 1 aliphatic carbocycles. The average Bonchev–Trinajstić information content (AvgIpc) is 2.77. The molecule has 0 N–H and O–H groups in total. The third-order valence-corrected chi connectivity index (χ3v) is 4.31. The molecular formula is C15H22N2. The maximum Gasteiger partial charge on any atom is 0.0436 e. The van der Waals surface area contributed by atoms with Crippen molar-refractivity contribution in [3.05, 3.63) is 29.1 Å². The highest BCUT2D eigenvalue weighted by molar-refractivity contribution is 5.26. The number of hydrogen-bond acceptors (Lipinski definition) is 2. The molecule has 1 unspecified atom stereocenters. The SMILES string of the molecule is Cc1cnc2c(c1)CCC(N1CCCC1)CC2. The van der Waals surface area contributed by atoms with E-state index in [4.69, 9.17) is 0 Å². The monoisotopic (exact) mass is 230 g/mol. The van der Waals surface area contributed by atoms with Crippen molar-refractivity contribution in [1.82, 2.24) is 9.88 Å². The number of hydrogen-bond donors (Lipinski definition) is 0. The summed E-state index contributed by atoms with van der Waals surface area (Å²) in [5.74, 6) is 0. The minimum absolute atomic E-state index is 0.812. The Morgan fingerprint density at radius 3 is 2.76 bits per heavy atom. The second-order valence-corrected chi connectivity index (χ2v) is 5.59. The van der Waals surface area contributed by atoms with Crippen LogP contribution in [0.3, 0.4) is 0 Å². The number of pyridine rings is 1. The van der Waals surface area contributed by atoms with Gasteiger partial charge in [0.05, 0.1) is 0 Å². The smallest absolute Gasteiger partial charge is 0.0436 e. The second-order valence-electron chi connectivity index (χ2n) is 5.59. The van der Waals surface area contributed by atoms with E-state index in [1.165, 1.54) is 68.4 Å². The van der Waals surface area contributed by atoms with Crippen molar-refractivity contribution in [2.24, 2.45) is 0 Å². The molecule has 1 aromatic heterocycles. The minimum atomic E-state index is 0.812. The standard InChI is InChI=1S/C15H22N2/c1-12-10-13-4-5-14(17-8-2-3-9-17)6-7-15(13)16-11-12/h10-11,14H,2-9H2,1H3. The van der Waals surface area contributed by atoms with Gasteiger partial charge in [0.25, 0.3) is 0 Å². The lowest BCUT2D eigenvalue weighted by Crippen LogP contribution is -2.32. The normalized spacial score (nSPS) is 25.6. The summed E-state index contributed by atoms with van der Waals surface area (Å²) in [7, 11) is 0. The molecule has 17 heavy (non-hydrogen) atoms. The van der Waals surface area contributed by atoms with Gasteiger partial charge < -0.3 is 4.90 Å². The van der Waals surface area contributed by atoms with Crippen molar-refractivity contribution in [3.8, 4) is 0 Å². The molecule has 0 bridgehead atoms. The molecule has 3 rings (SSSR count). The maximum atomic E-state index is 4.62. The zero-order chi connectivity index (χ0) is 11.7. The molecule has 0 aromatic carbocycles. The van der Waals surface area contributed by atoms with Crippen LogP contribution in [0, 0.1) is 6.92 Å². The van der Waals surface area contributed by atoms with E-state index in [-0.39, 0.29) is 0 Å². The van der Waals surface area contributed by atoms with Crippen molar-refractivity contribution >= 4 is 0 Å². The summed E-state index contributed by atoms with van der Waals surface area (Å²) >= 11 is 0. The van der Waals surface area contributed by atoms with E-state index >= 15 is 0 Å². The number of likely N-dealkylation sites (tertiary alicyclic amines) is 1. The summed E-state index contributed by atoms with van der Waals surface area (Å²) < 4.78 is 0. The zero-order valence-electron chi connectivity index (χ0n) is 10.8. The summed E-state index contributed by atoms with van der Waals surface area (Å²) in [5, 5.41) is 0. The van der Waals surface area contributed by atoms with Crippen molar-refractivity contribution in [3.63, 3.8) is 0 Å². The number of aromatic nitrogens is 1. The summed E-state index contributed by atoms with van der Waals surface area (Å²) in [6.07, 6.45) is 9.87. The Labute approximate surface area is 104 Å². The third-order valence-electron chi connectivity index (χ3n) is 4.31. The number of fused-ring (bicyclic) bond motifs is 1. The Kier molecular flexibility index (Phi) is 3.15. The summed E-state index contributed by atoms with van der Waals surface area (Å²) in [4.78, 5) is 7.33. The Morgan fingerprint density at radius 2 is 1.94 bits per heavy atom. The van der Waals surface area contributed by atoms with Gasteiger partial charge in [-0.05, 0) is 69.7 Å². The maximum absolute atomic E-state index is 4.62. The predicted octanol–water partition coefficient (Wildman–Crippen LogP) is 2.73. The van der Waals surface area contributed by atoms with Crippen LogP contribution in [0.15, 0.2) is 12.3 Å². The van der Waals surface area contributed by atoms with Crippen LogP contribution in [0.1, 0.15) is 42.5 Å². The van der Waals surface area contributed by atoms with E-state index in [0.29, 0.717) is 0 Å². The first kappa shape index (κ1) is 11.2. The first-order valence-electron chi connectivity index (χ1n) is 7.01. The molecule has 0 saturated carbocycles. The third kappa shape index (κ3) is 2.37. The van der Waals surface area contributed by atoms with Gasteiger partial charge in [0.15, 0.2) is 0 Å². The zero-order valence-corrected chi connectivity index (χ0v) is 10.8. The number of rotatable bonds is 1. The topological polar surface area (TPSA) is 16.1 Å². The van der Waals surface area contributed by atoms with Gasteiger partial charge in [0.1, 0.15) is 0 Å². The van der Waals surface area contributed by atoms with Gasteiger partial charge in [-0.3, -0.25) is 4.98 Å². The highest BCUT2D eigenvalue weighted by Crippen LogP contribution is 2.25. The van der Waals surface area contributed by atoms with Crippen molar-refractivity contribution in [2.45, 2.75) is 51.5 Å². The quantitative estimate of drug-likeness (QED) is 0.690. The van der Waals surface area contributed by atoms with Crippen LogP contribution < -0.4 is 0 Å². The van der Waals surface area contributed by atoms with E-state index in [1.54, 1.807) is 0 Å². The molecule has 2 nitrogen and oxygen atoms in total. The van der Waals surface area contributed by atoms with Gasteiger partial charge >= 0.3 is 0 Å². The molecule has 0 spiro atoms. The number of aryl methyl sites for hydroxylation is 3. The molecule has 1 saturated heterocycles. The Morgan fingerprint density at radius 1 is 1.18 bits per heavy atom. The van der Waals surface area contributed by atoms with Gasteiger partial charge in [0.2, 0.25) is 0 Å². The fourth-order valence-electron chi connectivity index (χ4n) is 3.34. The molecule has 2 aliphatic rings. The van der Waals surface area contributed by atoms with Crippen LogP contribution in [0.4, 0.5) is 0 Å². The Balaban J connectivity index is 1.74. The van der Waals surface area contributed by atoms with Gasteiger partial charge in [0, 0.05) is 17.9 Å². The largest absolute Gasteiger partial charge is 0.300 e. The highest BCUT2D eigenvalue weighted by Gasteiger charge is 2.24. The summed E-state index contributed by atoms with van der Waals surface area (Å²) in [6, 6.07) is 3.15. The van der Waals surface area contributed by atoms with Gasteiger partial charge in [-0.1, -0.05) is 6.07 Å². The Bertz CT molecular complexity index is 394. The predicted molar refractivity (Wildman–Crippen MR) is 70.2 cm³/mol. The van der Waals surface area contributed by atoms with Crippen LogP contribution in [-0.2, 0) is 12.8 Å². The fraction of sp³-hybridized carbons (Fsp3) is 0.667. The van der Waals surface area contributed by atoms with E-state index < -0.39 is 0 Å². The lowest BCUT2D eigenvalue weighted by Gasteiger charge is -2.25. The van der Waals surface area contributed by atoms with Crippen LogP contribution in [0.2, 0.25) is 0 Å². The molecule has 1 aromatic rings. The molecule has 1 fully saturated rings. The first-order valence-corrected chi connectivity index (χ1v) is 7.01. The van der Waals surface area contributed by atoms with Crippen molar-refractivity contribution in [1.29, 1.82) is 0 Å². The lowest BCUT2D eigenvalue weighted by atomic mass is 10.1. The summed E-state index contributed by atoms with van der Waals surface area (Å²) in [5.41, 5.74) is 4.17.